The molecule has 2 aromatic heterocycles. The fourth-order valence-corrected chi connectivity index (χ4v) is 6.80. The minimum absolute atomic E-state index is 0.196. The molecule has 42 heavy (non-hydrogen) atoms. The highest BCUT2D eigenvalue weighted by molar-refractivity contribution is 6.38. The quantitative estimate of drug-likeness (QED) is 0.219. The summed E-state index contributed by atoms with van der Waals surface area (Å²) in [6.45, 7) is 8.11. The van der Waals surface area contributed by atoms with Crippen molar-refractivity contribution < 1.29 is 18.3 Å². The van der Waals surface area contributed by atoms with Gasteiger partial charge in [0.15, 0.2) is 6.04 Å². The van der Waals surface area contributed by atoms with Crippen molar-refractivity contribution in [2.75, 3.05) is 26.2 Å². The number of fused-ring (bicyclic) bond motifs is 2. The Labute approximate surface area is 249 Å². The maximum atomic E-state index is 14.2. The highest BCUT2D eigenvalue weighted by Crippen LogP contribution is 2.38. The molecule has 1 fully saturated rings. The number of benzene rings is 2. The van der Waals surface area contributed by atoms with Crippen LogP contribution in [0.3, 0.4) is 0 Å². The fraction of sp³-hybridized carbons (Fsp3) is 0.469. The first-order valence-corrected chi connectivity index (χ1v) is 15.1. The Kier molecular flexibility index (Phi) is 8.07. The molecule has 0 radical (unpaired) electrons. The number of ether oxygens (including phenoxy) is 1. The Balaban J connectivity index is 1.30. The molecule has 222 valence electrons. The molecule has 2 unspecified atom stereocenters. The molecule has 3 atom stereocenters. The van der Waals surface area contributed by atoms with Crippen LogP contribution in [0.5, 0.6) is 0 Å². The van der Waals surface area contributed by atoms with E-state index in [9.17, 15) is 13.6 Å². The second-order valence-electron chi connectivity index (χ2n) is 11.6. The summed E-state index contributed by atoms with van der Waals surface area (Å²) in [4.78, 5) is 19.9. The lowest BCUT2D eigenvalue weighted by molar-refractivity contribution is -0.146. The van der Waals surface area contributed by atoms with Crippen LogP contribution in [0.25, 0.3) is 22.0 Å². The maximum absolute atomic E-state index is 14.2. The van der Waals surface area contributed by atoms with Crippen molar-refractivity contribution in [2.24, 2.45) is 0 Å². The Hall–Kier alpha value is -3.30. The summed E-state index contributed by atoms with van der Waals surface area (Å²) in [7, 11) is 0. The second kappa shape index (κ2) is 11.8. The Morgan fingerprint density at radius 1 is 1.21 bits per heavy atom. The van der Waals surface area contributed by atoms with Gasteiger partial charge in [-0.25, -0.2) is 18.6 Å². The van der Waals surface area contributed by atoms with Gasteiger partial charge in [-0.05, 0) is 75.4 Å². The molecular weight excluding hydrogens is 560 g/mol. The predicted molar refractivity (Wildman–Crippen MR) is 159 cm³/mol. The van der Waals surface area contributed by atoms with E-state index in [2.05, 4.69) is 34.1 Å². The van der Waals surface area contributed by atoms with Gasteiger partial charge in [-0.3, -0.25) is 4.68 Å². The lowest BCUT2D eigenvalue weighted by atomic mass is 9.88. The van der Waals surface area contributed by atoms with Gasteiger partial charge in [-0.1, -0.05) is 35.9 Å². The lowest BCUT2D eigenvalue weighted by Gasteiger charge is -2.32. The number of alkyl halides is 2. The Morgan fingerprint density at radius 3 is 2.64 bits per heavy atom. The zero-order valence-electron chi connectivity index (χ0n) is 24.2. The van der Waals surface area contributed by atoms with Crippen molar-refractivity contribution in [2.45, 2.75) is 70.9 Å². The molecule has 0 bridgehead atoms. The van der Waals surface area contributed by atoms with Crippen LogP contribution in [-0.4, -0.2) is 68.8 Å². The first-order valence-electron chi connectivity index (χ1n) is 14.7. The molecule has 2 aliphatic rings. The number of imidazole rings is 1. The number of aromatic nitrogens is 4. The molecule has 0 spiro atoms. The highest BCUT2D eigenvalue weighted by atomic mass is 35.5. The number of likely N-dealkylation sites (tertiary alicyclic amines) is 1. The van der Waals surface area contributed by atoms with Crippen LogP contribution in [0, 0.1) is 6.92 Å². The van der Waals surface area contributed by atoms with Gasteiger partial charge in [0.25, 0.3) is 0 Å². The molecule has 4 heterocycles. The van der Waals surface area contributed by atoms with Crippen molar-refractivity contribution in [3.05, 3.63) is 70.4 Å². The Morgan fingerprint density at radius 2 is 1.95 bits per heavy atom. The van der Waals surface area contributed by atoms with Crippen molar-refractivity contribution in [1.29, 1.82) is 0 Å². The molecular formula is C32H36ClF2N5O2. The number of hydrogen-bond donors (Lipinski definition) is 0. The van der Waals surface area contributed by atoms with Gasteiger partial charge in [0.05, 0.1) is 30.2 Å². The van der Waals surface area contributed by atoms with Gasteiger partial charge in [-0.15, -0.1) is 0 Å². The minimum Gasteiger partial charge on any atom is -0.464 e. The van der Waals surface area contributed by atoms with Crippen LogP contribution in [0.2, 0.25) is 5.02 Å². The second-order valence-corrected chi connectivity index (χ2v) is 12.0. The number of carbonyl (C=O) groups is 1. The van der Waals surface area contributed by atoms with Gasteiger partial charge in [0.2, 0.25) is 0 Å². The van der Waals surface area contributed by atoms with E-state index < -0.39 is 24.4 Å². The topological polar surface area (TPSA) is 65.2 Å². The molecule has 2 aromatic carbocycles. The third-order valence-corrected chi connectivity index (χ3v) is 8.96. The van der Waals surface area contributed by atoms with Crippen molar-refractivity contribution >= 4 is 28.5 Å². The summed E-state index contributed by atoms with van der Waals surface area (Å²) in [6.07, 6.45) is 3.80. The summed E-state index contributed by atoms with van der Waals surface area (Å²) in [5.41, 5.74) is 5.82. The van der Waals surface area contributed by atoms with Gasteiger partial charge in [0, 0.05) is 35.8 Å². The maximum Gasteiger partial charge on any atom is 0.337 e. The first kappa shape index (κ1) is 28.8. The molecule has 4 aromatic rings. The van der Waals surface area contributed by atoms with Crippen LogP contribution >= 0.6 is 11.6 Å². The minimum atomic E-state index is -1.01. The van der Waals surface area contributed by atoms with E-state index in [4.69, 9.17) is 21.4 Å². The highest BCUT2D eigenvalue weighted by Gasteiger charge is 2.35. The van der Waals surface area contributed by atoms with E-state index in [0.29, 0.717) is 34.4 Å². The summed E-state index contributed by atoms with van der Waals surface area (Å²) in [5, 5.41) is 6.11. The number of esters is 1. The molecule has 2 aliphatic heterocycles. The van der Waals surface area contributed by atoms with Crippen LogP contribution < -0.4 is 0 Å². The first-order chi connectivity index (χ1) is 20.2. The van der Waals surface area contributed by atoms with Gasteiger partial charge in [0.1, 0.15) is 17.9 Å². The van der Waals surface area contributed by atoms with Crippen molar-refractivity contribution in [1.82, 2.24) is 24.2 Å². The van der Waals surface area contributed by atoms with Crippen molar-refractivity contribution in [3.63, 3.8) is 0 Å². The van der Waals surface area contributed by atoms with Gasteiger partial charge >= 0.3 is 5.97 Å². The molecule has 7 nitrogen and oxygen atoms in total. The summed E-state index contributed by atoms with van der Waals surface area (Å²) in [5.74, 6) is -0.0405. The van der Waals surface area contributed by atoms with Gasteiger partial charge in [-0.2, -0.15) is 5.10 Å². The largest absolute Gasteiger partial charge is 0.464 e. The van der Waals surface area contributed by atoms with Crippen molar-refractivity contribution in [3.8, 4) is 11.1 Å². The zero-order chi connectivity index (χ0) is 29.5. The number of carbonyl (C=O) groups excluding carboxylic acids is 1. The average Bonchev–Trinajstić information content (AvgIpc) is 3.67. The number of hydrogen-bond acceptors (Lipinski definition) is 5. The van der Waals surface area contributed by atoms with E-state index in [1.165, 1.54) is 5.56 Å². The fourth-order valence-electron chi connectivity index (χ4n) is 6.49. The number of halogens is 3. The monoisotopic (exact) mass is 595 g/mol. The molecule has 0 amide bonds. The van der Waals surface area contributed by atoms with E-state index in [1.54, 1.807) is 35.6 Å². The third kappa shape index (κ3) is 5.44. The van der Waals surface area contributed by atoms with E-state index in [-0.39, 0.29) is 19.6 Å². The molecule has 0 aliphatic carbocycles. The zero-order valence-corrected chi connectivity index (χ0v) is 25.0. The van der Waals surface area contributed by atoms with Crippen LogP contribution in [-0.2, 0) is 22.5 Å². The smallest absolute Gasteiger partial charge is 0.337 e. The van der Waals surface area contributed by atoms with Crippen LogP contribution in [0.4, 0.5) is 8.78 Å². The van der Waals surface area contributed by atoms with Crippen LogP contribution in [0.1, 0.15) is 61.2 Å². The summed E-state index contributed by atoms with van der Waals surface area (Å²) >= 11 is 6.99. The predicted octanol–water partition coefficient (Wildman–Crippen LogP) is 6.45. The normalized spacial score (nSPS) is 19.2. The number of rotatable bonds is 8. The molecule has 0 saturated carbocycles. The van der Waals surface area contributed by atoms with E-state index in [1.807, 2.05) is 13.0 Å². The number of piperidine rings is 1. The molecule has 0 N–H and O–H groups in total. The molecule has 10 heteroatoms. The number of nitrogens with zero attached hydrogens (tertiary/aromatic N) is 5. The molecule has 6 rings (SSSR count). The Bertz CT molecular complexity index is 1590. The van der Waals surface area contributed by atoms with Crippen LogP contribution in [0.15, 0.2) is 42.9 Å². The van der Waals surface area contributed by atoms with E-state index in [0.717, 1.165) is 48.0 Å². The average molecular weight is 596 g/mol. The third-order valence-electron chi connectivity index (χ3n) is 8.57. The SMILES string of the molecule is CCOC(=O)C(c1ncn2c1C[C@@H](F)C2)n1cc2c(C)cc(-c3ccc(C4CCN(CC(C)F)CC4)cc3)c(Cl)c2n1. The number of aryl methyl sites for hydroxylation is 1. The standard InChI is InChI=1S/C32H36ClF2N5O2/c1-4-42-32(41)31(30-27-14-24(35)16-39(27)18-36-30)40-17-26-19(2)13-25(28(33)29(26)37-40)23-7-5-21(6-8-23)22-9-11-38(12-10-22)15-20(3)34/h5-8,13,17-18,20,22,24,31H,4,9-12,14-16H2,1-3H3/t20?,24-,31?/m1/s1. The summed E-state index contributed by atoms with van der Waals surface area (Å²) < 4.78 is 36.3. The lowest BCUT2D eigenvalue weighted by Crippen LogP contribution is -2.36. The molecule has 1 saturated heterocycles. The van der Waals surface area contributed by atoms with E-state index >= 15 is 0 Å². The van der Waals surface area contributed by atoms with Gasteiger partial charge < -0.3 is 14.2 Å². The summed E-state index contributed by atoms with van der Waals surface area (Å²) in [6, 6.07) is 9.61.